The Morgan fingerprint density at radius 2 is 1.81 bits per heavy atom. The van der Waals surface area contributed by atoms with Gasteiger partial charge >= 0.3 is 0 Å². The Bertz CT molecular complexity index is 1170. The molecule has 1 aliphatic heterocycles. The average molecular weight is 444 g/mol. The van der Waals surface area contributed by atoms with E-state index in [0.717, 1.165) is 16.7 Å². The summed E-state index contributed by atoms with van der Waals surface area (Å²) in [4.78, 5) is 15.2. The van der Waals surface area contributed by atoms with Crippen molar-refractivity contribution >= 4 is 26.7 Å². The molecule has 0 spiro atoms. The normalized spacial score (nSPS) is 15.4. The van der Waals surface area contributed by atoms with E-state index in [1.54, 1.807) is 39.6 Å². The van der Waals surface area contributed by atoms with Crippen LogP contribution in [-0.2, 0) is 10.0 Å². The van der Waals surface area contributed by atoms with Crippen molar-refractivity contribution in [3.63, 3.8) is 0 Å². The number of benzene rings is 1. The van der Waals surface area contributed by atoms with Crippen LogP contribution < -0.4 is 14.4 Å². The Balaban J connectivity index is 1.54. The molecule has 0 aliphatic carbocycles. The maximum Gasteiger partial charge on any atom is 0.244 e. The molecule has 1 aliphatic rings. The van der Waals surface area contributed by atoms with Crippen molar-refractivity contribution in [2.24, 2.45) is 0 Å². The number of nitrogens with zero attached hydrogens (tertiary/aromatic N) is 5. The van der Waals surface area contributed by atoms with Gasteiger partial charge in [-0.3, -0.25) is 4.98 Å². The Hall–Kier alpha value is -2.98. The van der Waals surface area contributed by atoms with E-state index in [1.165, 1.54) is 16.8 Å². The molecule has 3 aromatic rings. The van der Waals surface area contributed by atoms with Crippen LogP contribution in [0.1, 0.15) is 12.8 Å². The van der Waals surface area contributed by atoms with E-state index in [9.17, 15) is 8.42 Å². The molecule has 164 valence electrons. The van der Waals surface area contributed by atoms with Crippen LogP contribution in [0.25, 0.3) is 10.9 Å². The highest BCUT2D eigenvalue weighted by Crippen LogP contribution is 2.35. The van der Waals surface area contributed by atoms with Gasteiger partial charge in [-0.25, -0.2) is 18.4 Å². The number of methoxy groups -OCH3 is 2. The van der Waals surface area contributed by atoms with Crippen LogP contribution in [0.2, 0.25) is 0 Å². The number of anilines is 1. The molecule has 1 aromatic carbocycles. The van der Waals surface area contributed by atoms with E-state index in [2.05, 4.69) is 19.9 Å². The number of rotatable bonds is 6. The average Bonchev–Trinajstić information content (AvgIpc) is 2.82. The standard InChI is InChI=1S/C21H25N5O4S/c1-25(31(27,28)16-5-4-8-22-13-16)15-6-9-26(10-7-15)21-17-11-19(29-2)20(30-3)12-18(17)23-14-24-21/h4-5,8,11-15H,6-7,9-10H2,1-3H3. The molecule has 9 nitrogen and oxygen atoms in total. The summed E-state index contributed by atoms with van der Waals surface area (Å²) >= 11 is 0. The molecule has 31 heavy (non-hydrogen) atoms. The van der Waals surface area contributed by atoms with Gasteiger partial charge in [-0.15, -0.1) is 0 Å². The van der Waals surface area contributed by atoms with E-state index < -0.39 is 10.0 Å². The van der Waals surface area contributed by atoms with Gasteiger partial charge in [-0.2, -0.15) is 4.31 Å². The molecule has 4 rings (SSSR count). The first-order chi connectivity index (χ1) is 15.0. The number of ether oxygens (including phenoxy) is 2. The van der Waals surface area contributed by atoms with Crippen molar-refractivity contribution in [2.75, 3.05) is 39.3 Å². The van der Waals surface area contributed by atoms with Crippen molar-refractivity contribution in [3.05, 3.63) is 43.0 Å². The molecule has 0 atom stereocenters. The van der Waals surface area contributed by atoms with Gasteiger partial charge < -0.3 is 14.4 Å². The maximum atomic E-state index is 12.9. The minimum absolute atomic E-state index is 0.0933. The predicted molar refractivity (Wildman–Crippen MR) is 117 cm³/mol. The van der Waals surface area contributed by atoms with Gasteiger partial charge in [0.05, 0.1) is 19.7 Å². The first-order valence-corrected chi connectivity index (χ1v) is 11.4. The highest BCUT2D eigenvalue weighted by molar-refractivity contribution is 7.89. The fraction of sp³-hybridized carbons (Fsp3) is 0.381. The topological polar surface area (TPSA) is 97.8 Å². The van der Waals surface area contributed by atoms with Crippen LogP contribution in [0.5, 0.6) is 11.5 Å². The highest BCUT2D eigenvalue weighted by Gasteiger charge is 2.31. The minimum Gasteiger partial charge on any atom is -0.493 e. The SMILES string of the molecule is COc1cc2ncnc(N3CCC(N(C)S(=O)(=O)c4cccnc4)CC3)c2cc1OC. The van der Waals surface area contributed by atoms with Crippen LogP contribution in [0.15, 0.2) is 47.9 Å². The molecule has 3 heterocycles. The highest BCUT2D eigenvalue weighted by atomic mass is 32.2. The number of aromatic nitrogens is 3. The Labute approximate surface area is 181 Å². The van der Waals surface area contributed by atoms with Gasteiger partial charge in [0.2, 0.25) is 10.0 Å². The van der Waals surface area contributed by atoms with Gasteiger partial charge in [0.25, 0.3) is 0 Å². The second-order valence-corrected chi connectivity index (χ2v) is 9.35. The summed E-state index contributed by atoms with van der Waals surface area (Å²) in [6.45, 7) is 1.36. The van der Waals surface area contributed by atoms with Crippen LogP contribution in [-0.4, -0.2) is 68.1 Å². The first-order valence-electron chi connectivity index (χ1n) is 9.95. The fourth-order valence-corrected chi connectivity index (χ4v) is 5.31. The molecule has 0 amide bonds. The largest absolute Gasteiger partial charge is 0.493 e. The van der Waals surface area contributed by atoms with Gasteiger partial charge in [0.1, 0.15) is 17.0 Å². The lowest BCUT2D eigenvalue weighted by Gasteiger charge is -2.37. The Morgan fingerprint density at radius 3 is 2.45 bits per heavy atom. The van der Waals surface area contributed by atoms with Crippen LogP contribution >= 0.6 is 0 Å². The smallest absolute Gasteiger partial charge is 0.244 e. The monoisotopic (exact) mass is 443 g/mol. The lowest BCUT2D eigenvalue weighted by molar-refractivity contribution is 0.311. The second-order valence-electron chi connectivity index (χ2n) is 7.35. The van der Waals surface area contributed by atoms with Crippen molar-refractivity contribution in [1.29, 1.82) is 0 Å². The predicted octanol–water partition coefficient (Wildman–Crippen LogP) is 2.33. The van der Waals surface area contributed by atoms with Gasteiger partial charge in [-0.1, -0.05) is 0 Å². The minimum atomic E-state index is -3.58. The van der Waals surface area contributed by atoms with E-state index in [4.69, 9.17) is 9.47 Å². The zero-order valence-electron chi connectivity index (χ0n) is 17.7. The lowest BCUT2D eigenvalue weighted by atomic mass is 10.0. The number of hydrogen-bond donors (Lipinski definition) is 0. The quantitative estimate of drug-likeness (QED) is 0.573. The second kappa shape index (κ2) is 8.64. The third-order valence-electron chi connectivity index (χ3n) is 5.71. The lowest BCUT2D eigenvalue weighted by Crippen LogP contribution is -2.45. The first kappa shape index (κ1) is 21.3. The van der Waals surface area contributed by atoms with Crippen molar-refractivity contribution in [1.82, 2.24) is 19.3 Å². The summed E-state index contributed by atoms with van der Waals surface area (Å²) in [5, 5.41) is 0.870. The van der Waals surface area contributed by atoms with Crippen LogP contribution in [0.3, 0.4) is 0 Å². The van der Waals surface area contributed by atoms with Crippen molar-refractivity contribution in [2.45, 2.75) is 23.8 Å². The van der Waals surface area contributed by atoms with Crippen molar-refractivity contribution < 1.29 is 17.9 Å². The third-order valence-corrected chi connectivity index (χ3v) is 7.60. The summed E-state index contributed by atoms with van der Waals surface area (Å²) in [6.07, 6.45) is 5.86. The molecule has 1 saturated heterocycles. The Kier molecular flexibility index (Phi) is 5.92. The van der Waals surface area contributed by atoms with Crippen LogP contribution in [0, 0.1) is 0 Å². The van der Waals surface area contributed by atoms with E-state index in [-0.39, 0.29) is 10.9 Å². The number of hydrogen-bond acceptors (Lipinski definition) is 8. The summed E-state index contributed by atoms with van der Waals surface area (Å²) < 4.78 is 38.1. The Morgan fingerprint density at radius 1 is 1.10 bits per heavy atom. The molecule has 0 saturated carbocycles. The summed E-state index contributed by atoms with van der Waals surface area (Å²) in [7, 11) is 1.25. The number of sulfonamides is 1. The molecular formula is C21H25N5O4S. The maximum absolute atomic E-state index is 12.9. The molecule has 0 N–H and O–H groups in total. The van der Waals surface area contributed by atoms with E-state index in [1.807, 2.05) is 12.1 Å². The molecular weight excluding hydrogens is 418 g/mol. The fourth-order valence-electron chi connectivity index (χ4n) is 3.92. The molecule has 0 radical (unpaired) electrons. The number of fused-ring (bicyclic) bond motifs is 1. The number of pyridine rings is 1. The zero-order chi connectivity index (χ0) is 22.0. The molecule has 10 heteroatoms. The van der Waals surface area contributed by atoms with Gasteiger partial charge in [0, 0.05) is 50.0 Å². The summed E-state index contributed by atoms with van der Waals surface area (Å²) in [5.41, 5.74) is 0.765. The molecule has 1 fully saturated rings. The molecule has 2 aromatic heterocycles. The zero-order valence-corrected chi connectivity index (χ0v) is 18.5. The van der Waals surface area contributed by atoms with E-state index in [0.29, 0.717) is 37.4 Å². The number of piperidine rings is 1. The van der Waals surface area contributed by atoms with Crippen molar-refractivity contribution in [3.8, 4) is 11.5 Å². The van der Waals surface area contributed by atoms with Gasteiger partial charge in [-0.05, 0) is 31.0 Å². The third kappa shape index (κ3) is 4.00. The molecule has 0 unspecified atom stereocenters. The summed E-state index contributed by atoms with van der Waals surface area (Å²) in [6, 6.07) is 6.83. The van der Waals surface area contributed by atoms with E-state index >= 15 is 0 Å². The summed E-state index contributed by atoms with van der Waals surface area (Å²) in [5.74, 6) is 2.03. The van der Waals surface area contributed by atoms with Crippen LogP contribution in [0.4, 0.5) is 5.82 Å². The van der Waals surface area contributed by atoms with Gasteiger partial charge in [0.15, 0.2) is 11.5 Å². The molecule has 0 bridgehead atoms.